The highest BCUT2D eigenvalue weighted by Gasteiger charge is 2.36. The number of carbonyl (C=O) groups is 1. The fraction of sp³-hybridized carbons (Fsp3) is 0.611. The zero-order valence-corrected chi connectivity index (χ0v) is 11.9. The Kier molecular flexibility index (Phi) is 3.72. The Labute approximate surface area is 116 Å². The van der Waals surface area contributed by atoms with Crippen molar-refractivity contribution < 1.29 is 4.79 Å². The minimum absolute atomic E-state index is 0.202. The Hall–Kier alpha value is -1.11. The Morgan fingerprint density at radius 3 is 2.79 bits per heavy atom. The molecule has 0 spiro atoms. The molecule has 2 aliphatic rings. The summed E-state index contributed by atoms with van der Waals surface area (Å²) in [7, 11) is 0. The molecule has 2 aliphatic carbocycles. The van der Waals surface area contributed by atoms with Crippen LogP contribution in [0.5, 0.6) is 0 Å². The average molecular weight is 256 g/mol. The maximum absolute atomic E-state index is 12.9. The lowest BCUT2D eigenvalue weighted by molar-refractivity contribution is -0.127. The molecule has 1 heteroatoms. The summed E-state index contributed by atoms with van der Waals surface area (Å²) < 4.78 is 0. The highest BCUT2D eigenvalue weighted by Crippen LogP contribution is 2.41. The molecular formula is C18H24O. The van der Waals surface area contributed by atoms with E-state index in [2.05, 4.69) is 31.2 Å². The Morgan fingerprint density at radius 2 is 1.95 bits per heavy atom. The summed E-state index contributed by atoms with van der Waals surface area (Å²) in [5.74, 6) is 1.74. The quantitative estimate of drug-likeness (QED) is 0.778. The number of ketones is 1. The molecule has 1 aromatic carbocycles. The van der Waals surface area contributed by atoms with Crippen LogP contribution in [0, 0.1) is 11.8 Å². The van der Waals surface area contributed by atoms with Crippen LogP contribution in [0.2, 0.25) is 0 Å². The van der Waals surface area contributed by atoms with E-state index < -0.39 is 0 Å². The highest BCUT2D eigenvalue weighted by molar-refractivity contribution is 5.89. The van der Waals surface area contributed by atoms with Crippen LogP contribution in [-0.4, -0.2) is 5.78 Å². The first-order valence-electron chi connectivity index (χ1n) is 7.92. The third-order valence-corrected chi connectivity index (χ3v) is 5.28. The van der Waals surface area contributed by atoms with Crippen molar-refractivity contribution in [3.63, 3.8) is 0 Å². The van der Waals surface area contributed by atoms with E-state index in [9.17, 15) is 4.79 Å². The molecule has 0 radical (unpaired) electrons. The van der Waals surface area contributed by atoms with Crippen LogP contribution in [-0.2, 0) is 11.2 Å². The maximum Gasteiger partial charge on any atom is 0.143 e. The summed E-state index contributed by atoms with van der Waals surface area (Å²) in [6, 6.07) is 8.55. The molecule has 0 N–H and O–H groups in total. The Morgan fingerprint density at radius 1 is 1.16 bits per heavy atom. The van der Waals surface area contributed by atoms with Gasteiger partial charge in [-0.05, 0) is 42.7 Å². The van der Waals surface area contributed by atoms with Gasteiger partial charge in [-0.1, -0.05) is 50.5 Å². The zero-order valence-electron chi connectivity index (χ0n) is 11.9. The van der Waals surface area contributed by atoms with Gasteiger partial charge in [-0.25, -0.2) is 0 Å². The molecule has 19 heavy (non-hydrogen) atoms. The number of Topliss-reactive ketones (excluding diaryl/α,β-unsaturated/α-hetero) is 1. The predicted octanol–water partition coefficient (Wildman–Crippen LogP) is 4.50. The molecule has 1 aromatic rings. The number of carbonyl (C=O) groups excluding carboxylic acids is 1. The molecule has 0 aromatic heterocycles. The minimum atomic E-state index is 0.202. The second-order valence-corrected chi connectivity index (χ2v) is 6.25. The molecule has 3 atom stereocenters. The number of fused-ring (bicyclic) bond motifs is 1. The first kappa shape index (κ1) is 12.9. The summed E-state index contributed by atoms with van der Waals surface area (Å²) in [6.45, 7) is 2.25. The molecular weight excluding hydrogens is 232 g/mol. The number of benzene rings is 1. The van der Waals surface area contributed by atoms with E-state index in [4.69, 9.17) is 0 Å². The second-order valence-electron chi connectivity index (χ2n) is 6.25. The van der Waals surface area contributed by atoms with Crippen molar-refractivity contribution in [2.75, 3.05) is 0 Å². The molecule has 0 aliphatic heterocycles. The lowest BCUT2D eigenvalue weighted by Crippen LogP contribution is -2.30. The molecule has 1 saturated carbocycles. The Balaban J connectivity index is 1.81. The van der Waals surface area contributed by atoms with Gasteiger partial charge in [-0.15, -0.1) is 0 Å². The van der Waals surface area contributed by atoms with Gasteiger partial charge >= 0.3 is 0 Å². The molecule has 3 rings (SSSR count). The molecule has 102 valence electrons. The fourth-order valence-electron chi connectivity index (χ4n) is 4.18. The average Bonchev–Trinajstić information content (AvgIpc) is 2.90. The van der Waals surface area contributed by atoms with Crippen molar-refractivity contribution in [3.05, 3.63) is 35.4 Å². The van der Waals surface area contributed by atoms with Gasteiger partial charge in [0.2, 0.25) is 0 Å². The predicted molar refractivity (Wildman–Crippen MR) is 78.3 cm³/mol. The number of rotatable bonds is 3. The number of aryl methyl sites for hydroxylation is 1. The number of hydrogen-bond acceptors (Lipinski definition) is 1. The summed E-state index contributed by atoms with van der Waals surface area (Å²) in [4.78, 5) is 12.9. The smallest absolute Gasteiger partial charge is 0.143 e. The van der Waals surface area contributed by atoms with Crippen LogP contribution < -0.4 is 0 Å². The van der Waals surface area contributed by atoms with Crippen LogP contribution >= 0.6 is 0 Å². The first-order chi connectivity index (χ1) is 9.31. The van der Waals surface area contributed by atoms with Crippen molar-refractivity contribution in [3.8, 4) is 0 Å². The lowest BCUT2D eigenvalue weighted by Gasteiger charge is -2.31. The van der Waals surface area contributed by atoms with Gasteiger partial charge in [0.05, 0.1) is 0 Å². The molecule has 0 heterocycles. The van der Waals surface area contributed by atoms with Crippen molar-refractivity contribution >= 4 is 5.78 Å². The van der Waals surface area contributed by atoms with Gasteiger partial charge in [0.1, 0.15) is 5.78 Å². The molecule has 3 unspecified atom stereocenters. The maximum atomic E-state index is 12.9. The zero-order chi connectivity index (χ0) is 13.2. The van der Waals surface area contributed by atoms with Crippen molar-refractivity contribution in [1.82, 2.24) is 0 Å². The van der Waals surface area contributed by atoms with Crippen molar-refractivity contribution in [2.45, 2.75) is 57.8 Å². The van der Waals surface area contributed by atoms with E-state index in [1.807, 2.05) is 0 Å². The van der Waals surface area contributed by atoms with E-state index >= 15 is 0 Å². The first-order valence-corrected chi connectivity index (χ1v) is 7.92. The monoisotopic (exact) mass is 256 g/mol. The standard InChI is InChI=1S/C18H24O/c1-2-13-7-3-6-10-16(13)18(19)17-12-11-14-8-4-5-9-15(14)17/h4-5,8-9,13,16-17H,2-3,6-7,10-12H2,1H3. The molecule has 1 fully saturated rings. The second kappa shape index (κ2) is 5.48. The summed E-state index contributed by atoms with van der Waals surface area (Å²) in [5, 5.41) is 0. The van der Waals surface area contributed by atoms with Crippen molar-refractivity contribution in [2.24, 2.45) is 11.8 Å². The third kappa shape index (κ3) is 2.35. The van der Waals surface area contributed by atoms with E-state index in [1.54, 1.807) is 0 Å². The minimum Gasteiger partial charge on any atom is -0.299 e. The number of hydrogen-bond donors (Lipinski definition) is 0. The van der Waals surface area contributed by atoms with Crippen LogP contribution in [0.3, 0.4) is 0 Å². The van der Waals surface area contributed by atoms with Crippen LogP contribution in [0.4, 0.5) is 0 Å². The third-order valence-electron chi connectivity index (χ3n) is 5.28. The van der Waals surface area contributed by atoms with Crippen LogP contribution in [0.1, 0.15) is 62.5 Å². The topological polar surface area (TPSA) is 17.1 Å². The van der Waals surface area contributed by atoms with Gasteiger partial charge in [0, 0.05) is 11.8 Å². The van der Waals surface area contributed by atoms with Gasteiger partial charge in [-0.3, -0.25) is 4.79 Å². The highest BCUT2D eigenvalue weighted by atomic mass is 16.1. The largest absolute Gasteiger partial charge is 0.299 e. The molecule has 1 nitrogen and oxygen atoms in total. The van der Waals surface area contributed by atoms with Gasteiger partial charge in [-0.2, -0.15) is 0 Å². The molecule has 0 bridgehead atoms. The van der Waals surface area contributed by atoms with E-state index in [1.165, 1.54) is 36.8 Å². The van der Waals surface area contributed by atoms with E-state index in [-0.39, 0.29) is 5.92 Å². The lowest BCUT2D eigenvalue weighted by atomic mass is 9.72. The molecule has 0 saturated heterocycles. The van der Waals surface area contributed by atoms with E-state index in [0.29, 0.717) is 17.6 Å². The summed E-state index contributed by atoms with van der Waals surface area (Å²) >= 11 is 0. The summed E-state index contributed by atoms with van der Waals surface area (Å²) in [5.41, 5.74) is 2.73. The van der Waals surface area contributed by atoms with Crippen molar-refractivity contribution in [1.29, 1.82) is 0 Å². The molecule has 0 amide bonds. The van der Waals surface area contributed by atoms with Gasteiger partial charge in [0.15, 0.2) is 0 Å². The SMILES string of the molecule is CCC1CCCCC1C(=O)C1CCc2ccccc21. The van der Waals surface area contributed by atoms with Gasteiger partial charge < -0.3 is 0 Å². The van der Waals surface area contributed by atoms with E-state index in [0.717, 1.165) is 19.3 Å². The van der Waals surface area contributed by atoms with Crippen LogP contribution in [0.15, 0.2) is 24.3 Å². The van der Waals surface area contributed by atoms with Crippen LogP contribution in [0.25, 0.3) is 0 Å². The van der Waals surface area contributed by atoms with Gasteiger partial charge in [0.25, 0.3) is 0 Å². The summed E-state index contributed by atoms with van der Waals surface area (Å²) in [6.07, 6.45) is 8.29. The normalized spacial score (nSPS) is 30.1. The Bertz CT molecular complexity index is 463. The fourth-order valence-corrected chi connectivity index (χ4v) is 4.18.